The van der Waals surface area contributed by atoms with E-state index in [2.05, 4.69) is 15.6 Å². The molecule has 2 heterocycles. The van der Waals surface area contributed by atoms with Crippen molar-refractivity contribution >= 4 is 0 Å². The summed E-state index contributed by atoms with van der Waals surface area (Å²) in [5, 5.41) is 22.3. The van der Waals surface area contributed by atoms with Crippen molar-refractivity contribution in [3.05, 3.63) is 21.6 Å². The Morgan fingerprint density at radius 2 is 2.32 bits per heavy atom. The fourth-order valence-electron chi connectivity index (χ4n) is 2.13. The van der Waals surface area contributed by atoms with Gasteiger partial charge in [0.2, 0.25) is 0 Å². The third-order valence-electron chi connectivity index (χ3n) is 3.16. The summed E-state index contributed by atoms with van der Waals surface area (Å²) >= 11 is 0. The highest BCUT2D eigenvalue weighted by Crippen LogP contribution is 2.31. The van der Waals surface area contributed by atoms with Crippen LogP contribution in [0.15, 0.2) is 11.5 Å². The molecule has 0 amide bonds. The molecule has 0 aromatic carbocycles. The zero-order valence-electron chi connectivity index (χ0n) is 12.5. The molecule has 1 saturated heterocycles. The molecule has 22 heavy (non-hydrogen) atoms. The maximum atomic E-state index is 10.4. The highest BCUT2D eigenvalue weighted by Gasteiger charge is 2.43. The SMILES string of the molecule is CC(C)NCC(O)CONC1=C2OCC(O[N+](=O)[O-])C2OC1. The van der Waals surface area contributed by atoms with Crippen LogP contribution in [0.5, 0.6) is 0 Å². The highest BCUT2D eigenvalue weighted by atomic mass is 17.0. The molecule has 2 aliphatic heterocycles. The molecule has 3 unspecified atom stereocenters. The fourth-order valence-corrected chi connectivity index (χ4v) is 2.13. The van der Waals surface area contributed by atoms with Crippen LogP contribution in [0.1, 0.15) is 13.8 Å². The summed E-state index contributed by atoms with van der Waals surface area (Å²) in [6.07, 6.45) is -2.04. The molecule has 3 N–H and O–H groups in total. The Bertz CT molecular complexity index is 429. The van der Waals surface area contributed by atoms with Gasteiger partial charge in [0.05, 0.1) is 12.7 Å². The van der Waals surface area contributed by atoms with Crippen LogP contribution >= 0.6 is 0 Å². The van der Waals surface area contributed by atoms with E-state index >= 15 is 0 Å². The molecule has 1 fully saturated rings. The Balaban J connectivity index is 1.75. The minimum atomic E-state index is -0.861. The number of aliphatic hydroxyl groups is 1. The van der Waals surface area contributed by atoms with Crippen LogP contribution < -0.4 is 10.8 Å². The standard InChI is InChI=1S/C12H21N3O7/c1-7(2)13-3-8(16)4-21-14-9-5-19-12-10(22-15(17)18)6-20-11(9)12/h7-8,10,12-14,16H,3-6H2,1-2H3. The van der Waals surface area contributed by atoms with Gasteiger partial charge in [-0.15, -0.1) is 10.1 Å². The number of hydrogen-bond donors (Lipinski definition) is 3. The van der Waals surface area contributed by atoms with Gasteiger partial charge in [0.25, 0.3) is 5.09 Å². The molecule has 3 atom stereocenters. The molecule has 0 bridgehead atoms. The van der Waals surface area contributed by atoms with Gasteiger partial charge >= 0.3 is 0 Å². The Kier molecular flexibility index (Phi) is 5.77. The van der Waals surface area contributed by atoms with Gasteiger partial charge in [-0.3, -0.25) is 10.3 Å². The Morgan fingerprint density at radius 3 is 3.00 bits per heavy atom. The Hall–Kier alpha value is -1.62. The summed E-state index contributed by atoms with van der Waals surface area (Å²) in [4.78, 5) is 20.1. The first-order chi connectivity index (χ1) is 10.5. The molecule has 10 nitrogen and oxygen atoms in total. The van der Waals surface area contributed by atoms with Crippen LogP contribution in [0, 0.1) is 10.1 Å². The van der Waals surface area contributed by atoms with Crippen LogP contribution in [0.4, 0.5) is 0 Å². The van der Waals surface area contributed by atoms with E-state index in [4.69, 9.17) is 14.3 Å². The van der Waals surface area contributed by atoms with E-state index in [9.17, 15) is 15.2 Å². The van der Waals surface area contributed by atoms with Crippen molar-refractivity contribution in [3.63, 3.8) is 0 Å². The van der Waals surface area contributed by atoms with Crippen molar-refractivity contribution in [2.24, 2.45) is 0 Å². The van der Waals surface area contributed by atoms with E-state index in [1.165, 1.54) is 0 Å². The Labute approximate surface area is 127 Å². The molecule has 2 aliphatic rings. The van der Waals surface area contributed by atoms with Gasteiger partial charge in [0.15, 0.2) is 11.9 Å². The van der Waals surface area contributed by atoms with Gasteiger partial charge in [-0.2, -0.15) is 0 Å². The van der Waals surface area contributed by atoms with E-state index in [0.717, 1.165) is 0 Å². The average molecular weight is 319 g/mol. The maximum Gasteiger partial charge on any atom is 0.295 e. The summed E-state index contributed by atoms with van der Waals surface area (Å²) in [6.45, 7) is 4.69. The third kappa shape index (κ3) is 4.44. The van der Waals surface area contributed by atoms with Gasteiger partial charge < -0.3 is 24.7 Å². The van der Waals surface area contributed by atoms with Crippen LogP contribution in [-0.2, 0) is 19.1 Å². The van der Waals surface area contributed by atoms with Crippen LogP contribution in [0.2, 0.25) is 0 Å². The molecular formula is C12H21N3O7. The lowest BCUT2D eigenvalue weighted by molar-refractivity contribution is -0.769. The first-order valence-corrected chi connectivity index (χ1v) is 7.05. The first-order valence-electron chi connectivity index (χ1n) is 7.05. The van der Waals surface area contributed by atoms with Crippen molar-refractivity contribution in [1.29, 1.82) is 0 Å². The van der Waals surface area contributed by atoms with Crippen LogP contribution in [-0.4, -0.2) is 60.9 Å². The quantitative estimate of drug-likeness (QED) is 0.365. The number of hydroxylamine groups is 1. The minimum absolute atomic E-state index is 0.0487. The second-order valence-corrected chi connectivity index (χ2v) is 5.38. The summed E-state index contributed by atoms with van der Waals surface area (Å²) < 4.78 is 10.7. The van der Waals surface area contributed by atoms with E-state index in [1.54, 1.807) is 0 Å². The molecule has 0 aliphatic carbocycles. The van der Waals surface area contributed by atoms with Gasteiger partial charge in [-0.1, -0.05) is 13.8 Å². The maximum absolute atomic E-state index is 10.4. The van der Waals surface area contributed by atoms with E-state index in [1.807, 2.05) is 13.8 Å². The molecule has 0 radical (unpaired) electrons. The van der Waals surface area contributed by atoms with Gasteiger partial charge in [-0.05, 0) is 0 Å². The lowest BCUT2D eigenvalue weighted by Crippen LogP contribution is -2.35. The number of aliphatic hydroxyl groups excluding tert-OH is 1. The summed E-state index contributed by atoms with van der Waals surface area (Å²) in [7, 11) is 0. The number of rotatable bonds is 9. The van der Waals surface area contributed by atoms with Crippen LogP contribution in [0.25, 0.3) is 0 Å². The normalized spacial score (nSPS) is 25.1. The number of nitrogens with one attached hydrogen (secondary N) is 2. The predicted octanol–water partition coefficient (Wildman–Crippen LogP) is -0.916. The summed E-state index contributed by atoms with van der Waals surface area (Å²) in [6, 6.07) is 0.280. The van der Waals surface area contributed by atoms with Gasteiger partial charge in [-0.25, -0.2) is 0 Å². The van der Waals surface area contributed by atoms with E-state index in [0.29, 0.717) is 18.0 Å². The molecule has 126 valence electrons. The first kappa shape index (κ1) is 16.7. The highest BCUT2D eigenvalue weighted by molar-refractivity contribution is 5.20. The van der Waals surface area contributed by atoms with Crippen molar-refractivity contribution in [2.45, 2.75) is 38.2 Å². The lowest BCUT2D eigenvalue weighted by atomic mass is 10.2. The lowest BCUT2D eigenvalue weighted by Gasteiger charge is -2.15. The molecular weight excluding hydrogens is 298 g/mol. The topological polar surface area (TPSA) is 124 Å². The molecule has 10 heteroatoms. The predicted molar refractivity (Wildman–Crippen MR) is 72.8 cm³/mol. The molecule has 0 aromatic rings. The number of ether oxygens (including phenoxy) is 2. The smallest absolute Gasteiger partial charge is 0.295 e. The molecule has 0 saturated carbocycles. The van der Waals surface area contributed by atoms with Crippen LogP contribution in [0.3, 0.4) is 0 Å². The fraction of sp³-hybridized carbons (Fsp3) is 0.833. The van der Waals surface area contributed by atoms with Crippen molar-refractivity contribution < 1.29 is 29.3 Å². The molecule has 0 spiro atoms. The van der Waals surface area contributed by atoms with E-state index < -0.39 is 23.4 Å². The summed E-state index contributed by atoms with van der Waals surface area (Å²) in [5.41, 5.74) is 3.21. The monoisotopic (exact) mass is 319 g/mol. The largest absolute Gasteiger partial charge is 0.491 e. The zero-order chi connectivity index (χ0) is 16.1. The molecule has 0 aromatic heterocycles. The van der Waals surface area contributed by atoms with E-state index in [-0.39, 0.29) is 25.9 Å². The van der Waals surface area contributed by atoms with Gasteiger partial charge in [0.1, 0.15) is 25.0 Å². The van der Waals surface area contributed by atoms with Gasteiger partial charge in [0, 0.05) is 12.6 Å². The number of nitrogens with zero attached hydrogens (tertiary/aromatic N) is 1. The number of fused-ring (bicyclic) bond motifs is 1. The zero-order valence-corrected chi connectivity index (χ0v) is 12.5. The second-order valence-electron chi connectivity index (χ2n) is 5.38. The van der Waals surface area contributed by atoms with Crippen molar-refractivity contribution in [3.8, 4) is 0 Å². The van der Waals surface area contributed by atoms with Crippen molar-refractivity contribution in [1.82, 2.24) is 10.8 Å². The second kappa shape index (κ2) is 7.58. The molecule has 2 rings (SSSR count). The van der Waals surface area contributed by atoms with Crippen molar-refractivity contribution in [2.75, 3.05) is 26.4 Å². The number of hydrogen-bond acceptors (Lipinski definition) is 9. The minimum Gasteiger partial charge on any atom is -0.491 e. The average Bonchev–Trinajstić information content (AvgIpc) is 3.00. The Morgan fingerprint density at radius 1 is 1.55 bits per heavy atom. The third-order valence-corrected chi connectivity index (χ3v) is 3.16. The summed E-state index contributed by atoms with van der Waals surface area (Å²) in [5.74, 6) is 0.446.